The molecule has 0 radical (unpaired) electrons. The molecule has 0 nitrogen and oxygen atoms in total. The van der Waals surface area contributed by atoms with E-state index in [9.17, 15) is 43.9 Å². The van der Waals surface area contributed by atoms with Crippen LogP contribution in [0.1, 0.15) is 33.4 Å². The molecule has 10 heteroatoms. The smallest absolute Gasteiger partial charge is 0.200 e. The van der Waals surface area contributed by atoms with Gasteiger partial charge in [0, 0.05) is 11.1 Å². The summed E-state index contributed by atoms with van der Waals surface area (Å²) in [5.41, 5.74) is -0.730. The second kappa shape index (κ2) is 11.4. The zero-order valence-electron chi connectivity index (χ0n) is 19.6. The van der Waals surface area contributed by atoms with E-state index in [1.54, 1.807) is 36.4 Å². The Bertz CT molecular complexity index is 1590. The molecule has 4 rings (SSSR count). The van der Waals surface area contributed by atoms with Crippen molar-refractivity contribution in [2.45, 2.75) is 0 Å². The van der Waals surface area contributed by atoms with Gasteiger partial charge in [-0.3, -0.25) is 0 Å². The Balaban J connectivity index is 1.47. The molecule has 0 saturated heterocycles. The van der Waals surface area contributed by atoms with Crippen molar-refractivity contribution in [3.8, 4) is 23.7 Å². The zero-order chi connectivity index (χ0) is 29.1. The van der Waals surface area contributed by atoms with Crippen molar-refractivity contribution in [1.82, 2.24) is 0 Å². The van der Waals surface area contributed by atoms with Crippen LogP contribution in [0.5, 0.6) is 0 Å². The summed E-state index contributed by atoms with van der Waals surface area (Å²) in [5.74, 6) is -12.5. The summed E-state index contributed by atoms with van der Waals surface area (Å²) in [4.78, 5) is 0. The molecule has 0 bridgehead atoms. The van der Waals surface area contributed by atoms with Crippen LogP contribution in [0.4, 0.5) is 43.9 Å². The fraction of sp³-hybridized carbons (Fsp3) is 0. The molecule has 0 unspecified atom stereocenters. The van der Waals surface area contributed by atoms with Gasteiger partial charge in [0.2, 0.25) is 11.6 Å². The lowest BCUT2D eigenvalue weighted by Crippen LogP contribution is -2.04. The SMILES string of the molecule is Fc1c(F)c(F)c(C#Cc2ccc(/C=C/c3ccc(C#Cc4c(F)c(F)c(F)c(F)c4F)cc3)cc2)c(F)c1F. The number of hydrogen-bond donors (Lipinski definition) is 0. The molecule has 0 fully saturated rings. The number of halogens is 10. The molecule has 0 N–H and O–H groups in total. The van der Waals surface area contributed by atoms with Gasteiger partial charge in [-0.1, -0.05) is 60.1 Å². The van der Waals surface area contributed by atoms with Gasteiger partial charge >= 0.3 is 0 Å². The Hall–Kier alpha value is -4.96. The molecule has 40 heavy (non-hydrogen) atoms. The van der Waals surface area contributed by atoms with Crippen molar-refractivity contribution in [3.05, 3.63) is 140 Å². The molecule has 0 aliphatic rings. The molecule has 0 spiro atoms. The molecule has 200 valence electrons. The lowest BCUT2D eigenvalue weighted by Gasteiger charge is -2.02. The third-order valence-corrected chi connectivity index (χ3v) is 5.37. The molecule has 0 heterocycles. The second-order valence-corrected chi connectivity index (χ2v) is 7.97. The Morgan fingerprint density at radius 2 is 0.575 bits per heavy atom. The van der Waals surface area contributed by atoms with Gasteiger partial charge in [-0.05, 0) is 35.4 Å². The molecule has 4 aromatic rings. The van der Waals surface area contributed by atoms with Crippen LogP contribution in [0.2, 0.25) is 0 Å². The van der Waals surface area contributed by atoms with Crippen LogP contribution < -0.4 is 0 Å². The summed E-state index contributed by atoms with van der Waals surface area (Å²) in [6, 6.07) is 12.1. The highest BCUT2D eigenvalue weighted by atomic mass is 19.2. The first-order valence-electron chi connectivity index (χ1n) is 10.9. The highest BCUT2D eigenvalue weighted by molar-refractivity contribution is 5.70. The molecular weight excluding hydrogens is 550 g/mol. The van der Waals surface area contributed by atoms with Crippen LogP contribution in [0, 0.1) is 81.9 Å². The molecule has 4 aromatic carbocycles. The molecular formula is C30H10F10. The molecule has 0 amide bonds. The van der Waals surface area contributed by atoms with Gasteiger partial charge in [0.25, 0.3) is 0 Å². The van der Waals surface area contributed by atoms with E-state index in [0.717, 1.165) is 0 Å². The first-order chi connectivity index (χ1) is 19.0. The topological polar surface area (TPSA) is 0 Å². The largest absolute Gasteiger partial charge is 0.202 e. The number of rotatable bonds is 2. The second-order valence-electron chi connectivity index (χ2n) is 7.97. The molecule has 0 aliphatic heterocycles. The van der Waals surface area contributed by atoms with Crippen molar-refractivity contribution >= 4 is 12.2 Å². The quantitative estimate of drug-likeness (QED) is 0.0766. The zero-order valence-corrected chi connectivity index (χ0v) is 19.6. The van der Waals surface area contributed by atoms with Gasteiger partial charge in [-0.25, -0.2) is 43.9 Å². The third kappa shape index (κ3) is 5.57. The first-order valence-corrected chi connectivity index (χ1v) is 10.9. The number of benzene rings is 4. The van der Waals surface area contributed by atoms with Gasteiger partial charge in [-0.2, -0.15) is 0 Å². The van der Waals surface area contributed by atoms with Crippen LogP contribution in [0.15, 0.2) is 48.5 Å². The van der Waals surface area contributed by atoms with Gasteiger partial charge in [0.05, 0.1) is 0 Å². The van der Waals surface area contributed by atoms with Crippen molar-refractivity contribution in [2.24, 2.45) is 0 Å². The lowest BCUT2D eigenvalue weighted by atomic mass is 10.1. The molecule has 0 aromatic heterocycles. The van der Waals surface area contributed by atoms with Crippen molar-refractivity contribution in [1.29, 1.82) is 0 Å². The van der Waals surface area contributed by atoms with E-state index in [0.29, 0.717) is 11.1 Å². The van der Waals surface area contributed by atoms with Crippen LogP contribution in [-0.2, 0) is 0 Å². The normalized spacial score (nSPS) is 10.8. The maximum absolute atomic E-state index is 13.7. The summed E-state index contributed by atoms with van der Waals surface area (Å²) < 4.78 is 134. The van der Waals surface area contributed by atoms with E-state index >= 15 is 0 Å². The van der Waals surface area contributed by atoms with Crippen LogP contribution in [0.3, 0.4) is 0 Å². The van der Waals surface area contributed by atoms with E-state index in [4.69, 9.17) is 0 Å². The van der Waals surface area contributed by atoms with Gasteiger partial charge in [0.15, 0.2) is 46.5 Å². The maximum Gasteiger partial charge on any atom is 0.200 e. The predicted molar refractivity (Wildman–Crippen MR) is 126 cm³/mol. The molecule has 0 saturated carbocycles. The lowest BCUT2D eigenvalue weighted by molar-refractivity contribution is 0.376. The Morgan fingerprint density at radius 1 is 0.325 bits per heavy atom. The van der Waals surface area contributed by atoms with E-state index in [1.165, 1.54) is 24.3 Å². The minimum absolute atomic E-state index is 0.234. The van der Waals surface area contributed by atoms with Crippen LogP contribution in [0.25, 0.3) is 12.2 Å². The van der Waals surface area contributed by atoms with E-state index in [1.807, 2.05) is 11.8 Å². The molecule has 0 aliphatic carbocycles. The maximum atomic E-state index is 13.7. The van der Waals surface area contributed by atoms with E-state index in [-0.39, 0.29) is 11.1 Å². The van der Waals surface area contributed by atoms with E-state index < -0.39 is 69.3 Å². The average molecular weight is 560 g/mol. The highest BCUT2D eigenvalue weighted by Gasteiger charge is 2.25. The average Bonchev–Trinajstić information content (AvgIpc) is 2.97. The van der Waals surface area contributed by atoms with E-state index in [2.05, 4.69) is 11.8 Å². The van der Waals surface area contributed by atoms with Crippen molar-refractivity contribution < 1.29 is 43.9 Å². The fourth-order valence-corrected chi connectivity index (χ4v) is 3.25. The predicted octanol–water partition coefficient (Wildman–Crippen LogP) is 8.05. The van der Waals surface area contributed by atoms with Gasteiger partial charge in [-0.15, -0.1) is 0 Å². The Labute approximate surface area is 220 Å². The van der Waals surface area contributed by atoms with Gasteiger partial charge in [0.1, 0.15) is 11.1 Å². The third-order valence-electron chi connectivity index (χ3n) is 5.37. The summed E-state index contributed by atoms with van der Waals surface area (Å²) in [6.07, 6.45) is 3.33. The minimum Gasteiger partial charge on any atom is -0.202 e. The first kappa shape index (κ1) is 28.1. The summed E-state index contributed by atoms with van der Waals surface area (Å²) in [6.45, 7) is 0. The monoisotopic (exact) mass is 560 g/mol. The van der Waals surface area contributed by atoms with Crippen molar-refractivity contribution in [3.63, 3.8) is 0 Å². The minimum atomic E-state index is -2.27. The number of hydrogen-bond acceptors (Lipinski definition) is 0. The van der Waals surface area contributed by atoms with Crippen molar-refractivity contribution in [2.75, 3.05) is 0 Å². The Kier molecular flexibility index (Phi) is 8.01. The molecule has 0 atom stereocenters. The standard InChI is InChI=1S/C30H10F10/c31-21-19(22(32)26(36)29(39)25(21)35)13-11-17-7-3-15(4-8-17)1-2-16-5-9-18(10-6-16)12-14-20-23(33)27(37)30(40)28(38)24(20)34/h1-10H/b2-1+. The summed E-state index contributed by atoms with van der Waals surface area (Å²) in [7, 11) is 0. The summed E-state index contributed by atoms with van der Waals surface area (Å²) in [5, 5.41) is 0. The van der Waals surface area contributed by atoms with Gasteiger partial charge < -0.3 is 0 Å². The highest BCUT2D eigenvalue weighted by Crippen LogP contribution is 2.23. The Morgan fingerprint density at radius 3 is 0.850 bits per heavy atom. The van der Waals surface area contributed by atoms with Crippen LogP contribution in [-0.4, -0.2) is 0 Å². The fourth-order valence-electron chi connectivity index (χ4n) is 3.25. The summed E-state index contributed by atoms with van der Waals surface area (Å²) >= 11 is 0. The van der Waals surface area contributed by atoms with Crippen LogP contribution >= 0.6 is 0 Å².